The lowest BCUT2D eigenvalue weighted by Crippen LogP contribution is -2.30. The van der Waals surface area contributed by atoms with E-state index in [0.717, 1.165) is 0 Å². The van der Waals surface area contributed by atoms with E-state index in [4.69, 9.17) is 0 Å². The fourth-order valence-corrected chi connectivity index (χ4v) is 4.22. The lowest BCUT2D eigenvalue weighted by Gasteiger charge is -2.36. The maximum atomic E-state index is 12.1. The summed E-state index contributed by atoms with van der Waals surface area (Å²) in [4.78, 5) is 16.5. The second-order valence-electron chi connectivity index (χ2n) is 7.05. The number of aromatic hydroxyl groups is 1. The van der Waals surface area contributed by atoms with Crippen LogP contribution in [0.2, 0.25) is 0 Å². The van der Waals surface area contributed by atoms with Crippen LogP contribution in [0.25, 0.3) is 11.5 Å². The maximum Gasteiger partial charge on any atom is 0.223 e. The molecule has 3 heterocycles. The standard InChI is InChI=1S/C23H19N3O2/c27-19-11-13-26-18(15-25-14-12-24-23(25)21(26)22(19)28)20(16-7-3-1-4-8-16)17-9-5-2-6-10-17/h1-14,18,20,28H,15H2. The molecule has 2 aromatic heterocycles. The fourth-order valence-electron chi connectivity index (χ4n) is 4.22. The highest BCUT2D eigenvalue weighted by atomic mass is 16.3. The number of nitrogens with zero attached hydrogens (tertiary/aromatic N) is 3. The molecule has 0 bridgehead atoms. The summed E-state index contributed by atoms with van der Waals surface area (Å²) in [5.74, 6) is 0.421. The zero-order valence-electron chi connectivity index (χ0n) is 15.1. The van der Waals surface area contributed by atoms with Crippen molar-refractivity contribution in [3.63, 3.8) is 0 Å². The van der Waals surface area contributed by atoms with E-state index in [9.17, 15) is 9.90 Å². The van der Waals surface area contributed by atoms with Crippen molar-refractivity contribution in [3.05, 3.63) is 107 Å². The molecule has 1 aliphatic rings. The first-order valence-electron chi connectivity index (χ1n) is 9.29. The molecule has 0 fully saturated rings. The summed E-state index contributed by atoms with van der Waals surface area (Å²) in [5.41, 5.74) is 2.46. The molecule has 2 aromatic carbocycles. The number of rotatable bonds is 3. The number of benzene rings is 2. The Morgan fingerprint density at radius 2 is 1.57 bits per heavy atom. The van der Waals surface area contributed by atoms with E-state index in [1.54, 1.807) is 12.4 Å². The van der Waals surface area contributed by atoms with Crippen molar-refractivity contribution < 1.29 is 5.11 Å². The van der Waals surface area contributed by atoms with Gasteiger partial charge in [0.2, 0.25) is 5.43 Å². The second kappa shape index (κ2) is 6.53. The van der Waals surface area contributed by atoms with Gasteiger partial charge in [0, 0.05) is 37.1 Å². The molecule has 0 saturated carbocycles. The molecule has 28 heavy (non-hydrogen) atoms. The molecule has 1 N–H and O–H groups in total. The molecule has 4 aromatic rings. The Labute approximate surface area is 162 Å². The number of imidazole rings is 1. The third-order valence-corrected chi connectivity index (χ3v) is 5.47. The average molecular weight is 369 g/mol. The largest absolute Gasteiger partial charge is 0.503 e. The molecule has 0 saturated heterocycles. The molecule has 0 amide bonds. The number of aromatic nitrogens is 3. The van der Waals surface area contributed by atoms with Crippen LogP contribution in [-0.4, -0.2) is 19.2 Å². The molecule has 5 nitrogen and oxygen atoms in total. The predicted octanol–water partition coefficient (Wildman–Crippen LogP) is 3.80. The van der Waals surface area contributed by atoms with Gasteiger partial charge in [-0.05, 0) is 11.1 Å². The summed E-state index contributed by atoms with van der Waals surface area (Å²) in [6.07, 6.45) is 5.38. The molecular formula is C23H19N3O2. The van der Waals surface area contributed by atoms with Gasteiger partial charge in [-0.15, -0.1) is 0 Å². The van der Waals surface area contributed by atoms with Crippen LogP contribution < -0.4 is 5.43 Å². The monoisotopic (exact) mass is 369 g/mol. The van der Waals surface area contributed by atoms with Crippen LogP contribution in [0.5, 0.6) is 5.75 Å². The predicted molar refractivity (Wildman–Crippen MR) is 107 cm³/mol. The van der Waals surface area contributed by atoms with Crippen molar-refractivity contribution in [1.29, 1.82) is 0 Å². The summed E-state index contributed by atoms with van der Waals surface area (Å²) < 4.78 is 4.02. The second-order valence-corrected chi connectivity index (χ2v) is 7.05. The van der Waals surface area contributed by atoms with E-state index in [0.29, 0.717) is 18.1 Å². The van der Waals surface area contributed by atoms with Crippen molar-refractivity contribution in [2.45, 2.75) is 18.5 Å². The van der Waals surface area contributed by atoms with Crippen molar-refractivity contribution in [2.75, 3.05) is 0 Å². The summed E-state index contributed by atoms with van der Waals surface area (Å²) in [5, 5.41) is 10.6. The van der Waals surface area contributed by atoms with Gasteiger partial charge in [0.15, 0.2) is 11.6 Å². The molecule has 5 rings (SSSR count). The zero-order chi connectivity index (χ0) is 19.1. The van der Waals surface area contributed by atoms with Crippen molar-refractivity contribution in [1.82, 2.24) is 14.1 Å². The summed E-state index contributed by atoms with van der Waals surface area (Å²) in [7, 11) is 0. The van der Waals surface area contributed by atoms with Gasteiger partial charge in [0.25, 0.3) is 0 Å². The quantitative estimate of drug-likeness (QED) is 0.597. The van der Waals surface area contributed by atoms with Gasteiger partial charge < -0.3 is 14.2 Å². The zero-order valence-corrected chi connectivity index (χ0v) is 15.1. The number of hydrogen-bond donors (Lipinski definition) is 1. The molecule has 1 atom stereocenters. The minimum atomic E-state index is -0.391. The smallest absolute Gasteiger partial charge is 0.223 e. The Hall–Kier alpha value is -3.60. The molecule has 1 aliphatic heterocycles. The highest BCUT2D eigenvalue weighted by Gasteiger charge is 2.34. The average Bonchev–Trinajstić information content (AvgIpc) is 3.21. The topological polar surface area (TPSA) is 60.1 Å². The molecule has 138 valence electrons. The maximum absolute atomic E-state index is 12.1. The van der Waals surface area contributed by atoms with Crippen molar-refractivity contribution in [3.8, 4) is 17.3 Å². The van der Waals surface area contributed by atoms with Gasteiger partial charge in [0.05, 0.1) is 6.04 Å². The third kappa shape index (κ3) is 2.55. The van der Waals surface area contributed by atoms with Gasteiger partial charge in [0.1, 0.15) is 5.69 Å². The van der Waals surface area contributed by atoms with Crippen LogP contribution >= 0.6 is 0 Å². The van der Waals surface area contributed by atoms with Crippen LogP contribution in [-0.2, 0) is 6.54 Å². The highest BCUT2D eigenvalue weighted by Crippen LogP contribution is 2.42. The Morgan fingerprint density at radius 1 is 0.929 bits per heavy atom. The first-order valence-corrected chi connectivity index (χ1v) is 9.29. The molecule has 0 radical (unpaired) electrons. The first-order chi connectivity index (χ1) is 13.7. The van der Waals surface area contributed by atoms with E-state index >= 15 is 0 Å². The summed E-state index contributed by atoms with van der Waals surface area (Å²) >= 11 is 0. The Balaban J connectivity index is 1.76. The van der Waals surface area contributed by atoms with Gasteiger partial charge in [-0.25, -0.2) is 4.98 Å². The van der Waals surface area contributed by atoms with Gasteiger partial charge in [-0.1, -0.05) is 60.7 Å². The minimum absolute atomic E-state index is 0.0204. The van der Waals surface area contributed by atoms with E-state index in [1.165, 1.54) is 17.2 Å². The van der Waals surface area contributed by atoms with Crippen LogP contribution in [0.1, 0.15) is 23.1 Å². The highest BCUT2D eigenvalue weighted by molar-refractivity contribution is 5.61. The van der Waals surface area contributed by atoms with Crippen LogP contribution in [0.4, 0.5) is 0 Å². The molecule has 0 spiro atoms. The third-order valence-electron chi connectivity index (χ3n) is 5.47. The first kappa shape index (κ1) is 16.6. The molecular weight excluding hydrogens is 350 g/mol. The lowest BCUT2D eigenvalue weighted by atomic mass is 9.84. The molecule has 1 unspecified atom stereocenters. The van der Waals surface area contributed by atoms with Gasteiger partial charge >= 0.3 is 0 Å². The van der Waals surface area contributed by atoms with E-state index in [2.05, 4.69) is 29.2 Å². The minimum Gasteiger partial charge on any atom is -0.503 e. The van der Waals surface area contributed by atoms with Crippen molar-refractivity contribution in [2.24, 2.45) is 0 Å². The number of fused-ring (bicyclic) bond motifs is 3. The van der Waals surface area contributed by atoms with Crippen LogP contribution in [0.15, 0.2) is 90.1 Å². The fraction of sp³-hybridized carbons (Fsp3) is 0.130. The molecule has 5 heteroatoms. The van der Waals surface area contributed by atoms with Crippen LogP contribution in [0.3, 0.4) is 0 Å². The van der Waals surface area contributed by atoms with E-state index in [-0.39, 0.29) is 17.7 Å². The summed E-state index contributed by atoms with van der Waals surface area (Å²) in [6, 6.07) is 22.1. The van der Waals surface area contributed by atoms with Crippen LogP contribution in [0, 0.1) is 0 Å². The Morgan fingerprint density at radius 3 is 2.21 bits per heavy atom. The Kier molecular flexibility index (Phi) is 3.86. The van der Waals surface area contributed by atoms with Gasteiger partial charge in [-0.3, -0.25) is 4.79 Å². The molecule has 0 aliphatic carbocycles. The Bertz CT molecular complexity index is 1140. The number of pyridine rings is 1. The normalized spacial score (nSPS) is 15.2. The number of hydrogen-bond acceptors (Lipinski definition) is 3. The van der Waals surface area contributed by atoms with E-state index < -0.39 is 5.43 Å². The lowest BCUT2D eigenvalue weighted by molar-refractivity contribution is 0.363. The summed E-state index contributed by atoms with van der Waals surface area (Å²) in [6.45, 7) is 0.694. The SMILES string of the molecule is O=c1ccn2c(c1O)-c1nccn1CC2C(c1ccccc1)c1ccccc1. The van der Waals surface area contributed by atoms with Gasteiger partial charge in [-0.2, -0.15) is 0 Å². The van der Waals surface area contributed by atoms with E-state index in [1.807, 2.05) is 51.7 Å². The van der Waals surface area contributed by atoms with Crippen molar-refractivity contribution >= 4 is 0 Å².